The lowest BCUT2D eigenvalue weighted by molar-refractivity contribution is -0.0128. The molecule has 2 aromatic rings. The molecule has 3 heteroatoms. The average Bonchev–Trinajstić information content (AvgIpc) is 2.47. The minimum atomic E-state index is 0.0127. The monoisotopic (exact) mass is 303 g/mol. The summed E-state index contributed by atoms with van der Waals surface area (Å²) in [7, 11) is 0. The van der Waals surface area contributed by atoms with Crippen LogP contribution in [0.1, 0.15) is 32.6 Å². The molecule has 0 aliphatic heterocycles. The first-order valence-corrected chi connectivity index (χ1v) is 8.19. The maximum absolute atomic E-state index is 6.45. The fourth-order valence-corrected chi connectivity index (χ4v) is 3.25. The Morgan fingerprint density at radius 1 is 1.14 bits per heavy atom. The van der Waals surface area contributed by atoms with Gasteiger partial charge in [0.2, 0.25) is 0 Å². The van der Waals surface area contributed by atoms with Crippen LogP contribution in [-0.2, 0) is 0 Å². The Bertz CT molecular complexity index is 622. The average molecular weight is 304 g/mol. The van der Waals surface area contributed by atoms with E-state index in [0.29, 0.717) is 0 Å². The van der Waals surface area contributed by atoms with Crippen molar-refractivity contribution in [3.8, 4) is 5.75 Å². The first-order valence-electron chi connectivity index (χ1n) is 7.81. The van der Waals surface area contributed by atoms with Crippen molar-refractivity contribution in [1.82, 2.24) is 5.32 Å². The van der Waals surface area contributed by atoms with Crippen LogP contribution >= 0.6 is 11.6 Å². The fraction of sp³-hybridized carbons (Fsp3) is 0.444. The molecule has 2 nitrogen and oxygen atoms in total. The molecular weight excluding hydrogens is 282 g/mol. The lowest BCUT2D eigenvalue weighted by Gasteiger charge is -2.42. The third-order valence-electron chi connectivity index (χ3n) is 4.43. The van der Waals surface area contributed by atoms with Crippen molar-refractivity contribution >= 4 is 22.4 Å². The van der Waals surface area contributed by atoms with Gasteiger partial charge in [0.1, 0.15) is 11.4 Å². The molecule has 2 aromatic carbocycles. The van der Waals surface area contributed by atoms with E-state index in [9.17, 15) is 0 Å². The van der Waals surface area contributed by atoms with Gasteiger partial charge in [-0.2, -0.15) is 0 Å². The van der Waals surface area contributed by atoms with Crippen molar-refractivity contribution < 1.29 is 4.74 Å². The van der Waals surface area contributed by atoms with Crippen LogP contribution in [0.4, 0.5) is 0 Å². The molecule has 0 radical (unpaired) electrons. The molecule has 1 saturated carbocycles. The molecule has 0 unspecified atom stereocenters. The van der Waals surface area contributed by atoms with E-state index in [1.165, 1.54) is 6.42 Å². The molecule has 0 aromatic heterocycles. The molecule has 1 aliphatic carbocycles. The zero-order valence-electron chi connectivity index (χ0n) is 12.5. The number of hydrogen-bond acceptors (Lipinski definition) is 2. The van der Waals surface area contributed by atoms with Gasteiger partial charge in [-0.05, 0) is 50.9 Å². The third-order valence-corrected chi connectivity index (χ3v) is 4.76. The molecule has 0 spiro atoms. The van der Waals surface area contributed by atoms with E-state index in [1.54, 1.807) is 0 Å². The van der Waals surface area contributed by atoms with E-state index < -0.39 is 0 Å². The highest BCUT2D eigenvalue weighted by molar-refractivity contribution is 6.35. The first kappa shape index (κ1) is 14.7. The Morgan fingerprint density at radius 3 is 2.57 bits per heavy atom. The lowest BCUT2D eigenvalue weighted by Crippen LogP contribution is -2.45. The molecule has 112 valence electrons. The minimum Gasteiger partial charge on any atom is -0.487 e. The zero-order chi connectivity index (χ0) is 14.7. The van der Waals surface area contributed by atoms with E-state index in [4.69, 9.17) is 16.3 Å². The third kappa shape index (κ3) is 3.02. The van der Waals surface area contributed by atoms with E-state index in [-0.39, 0.29) is 5.60 Å². The zero-order valence-corrected chi connectivity index (χ0v) is 13.2. The number of ether oxygens (including phenoxy) is 1. The molecule has 0 bridgehead atoms. The van der Waals surface area contributed by atoms with Crippen LogP contribution in [-0.4, -0.2) is 18.7 Å². The lowest BCUT2D eigenvalue weighted by atomic mass is 9.77. The maximum Gasteiger partial charge on any atom is 0.128 e. The van der Waals surface area contributed by atoms with Crippen LogP contribution in [0.5, 0.6) is 5.75 Å². The van der Waals surface area contributed by atoms with Gasteiger partial charge in [-0.1, -0.05) is 42.8 Å². The quantitative estimate of drug-likeness (QED) is 0.774. The summed E-state index contributed by atoms with van der Waals surface area (Å²) in [6.07, 6.45) is 4.63. The highest BCUT2D eigenvalue weighted by atomic mass is 35.5. The van der Waals surface area contributed by atoms with Crippen molar-refractivity contribution in [3.63, 3.8) is 0 Å². The number of fused-ring (bicyclic) bond motifs is 1. The Labute approximate surface area is 131 Å². The number of hydrogen-bond donors (Lipinski definition) is 1. The van der Waals surface area contributed by atoms with Crippen molar-refractivity contribution in [2.45, 2.75) is 38.2 Å². The normalized spacial score (nSPS) is 16.7. The number of benzene rings is 2. The van der Waals surface area contributed by atoms with Crippen LogP contribution in [0.25, 0.3) is 10.8 Å². The molecule has 1 fully saturated rings. The second kappa shape index (κ2) is 6.25. The summed E-state index contributed by atoms with van der Waals surface area (Å²) in [6, 6.07) is 12.2. The number of rotatable bonds is 6. The van der Waals surface area contributed by atoms with Crippen LogP contribution < -0.4 is 10.1 Å². The van der Waals surface area contributed by atoms with Crippen LogP contribution in [0.3, 0.4) is 0 Å². The van der Waals surface area contributed by atoms with Crippen molar-refractivity contribution in [1.29, 1.82) is 0 Å². The Morgan fingerprint density at radius 2 is 1.90 bits per heavy atom. The number of nitrogens with one attached hydrogen (secondary N) is 1. The maximum atomic E-state index is 6.45. The molecular formula is C18H22ClNO. The van der Waals surface area contributed by atoms with Gasteiger partial charge in [0.25, 0.3) is 0 Å². The van der Waals surface area contributed by atoms with Crippen molar-refractivity contribution in [3.05, 3.63) is 41.4 Å². The summed E-state index contributed by atoms with van der Waals surface area (Å²) in [5.74, 6) is 0.964. The molecule has 0 heterocycles. The van der Waals surface area contributed by atoms with Gasteiger partial charge in [-0.15, -0.1) is 0 Å². The van der Waals surface area contributed by atoms with Gasteiger partial charge in [0.05, 0.1) is 0 Å². The van der Waals surface area contributed by atoms with Gasteiger partial charge in [-0.25, -0.2) is 0 Å². The van der Waals surface area contributed by atoms with Gasteiger partial charge in [-0.3, -0.25) is 0 Å². The van der Waals surface area contributed by atoms with Gasteiger partial charge < -0.3 is 10.1 Å². The molecule has 3 rings (SSSR count). The molecule has 21 heavy (non-hydrogen) atoms. The predicted octanol–water partition coefficient (Wildman–Crippen LogP) is 4.79. The Hall–Kier alpha value is -1.25. The number of halogens is 1. The minimum absolute atomic E-state index is 0.0127. The van der Waals surface area contributed by atoms with Crippen LogP contribution in [0.15, 0.2) is 36.4 Å². The smallest absolute Gasteiger partial charge is 0.128 e. The van der Waals surface area contributed by atoms with Crippen LogP contribution in [0.2, 0.25) is 5.02 Å². The van der Waals surface area contributed by atoms with Crippen LogP contribution in [0, 0.1) is 0 Å². The summed E-state index contributed by atoms with van der Waals surface area (Å²) >= 11 is 6.28. The van der Waals surface area contributed by atoms with Crippen molar-refractivity contribution in [2.24, 2.45) is 0 Å². The van der Waals surface area contributed by atoms with E-state index >= 15 is 0 Å². The molecule has 0 atom stereocenters. The van der Waals surface area contributed by atoms with E-state index in [2.05, 4.69) is 24.4 Å². The Balaban J connectivity index is 1.85. The summed E-state index contributed by atoms with van der Waals surface area (Å²) in [4.78, 5) is 0. The predicted molar refractivity (Wildman–Crippen MR) is 89.3 cm³/mol. The topological polar surface area (TPSA) is 21.3 Å². The second-order valence-electron chi connectivity index (χ2n) is 5.83. The Kier molecular flexibility index (Phi) is 4.37. The highest BCUT2D eigenvalue weighted by Gasteiger charge is 2.39. The van der Waals surface area contributed by atoms with Gasteiger partial charge in [0.15, 0.2) is 0 Å². The summed E-state index contributed by atoms with van der Waals surface area (Å²) < 4.78 is 6.45. The van der Waals surface area contributed by atoms with Crippen molar-refractivity contribution in [2.75, 3.05) is 13.1 Å². The summed E-state index contributed by atoms with van der Waals surface area (Å²) in [5, 5.41) is 6.37. The van der Waals surface area contributed by atoms with Gasteiger partial charge in [0, 0.05) is 15.8 Å². The molecule has 0 saturated heterocycles. The summed E-state index contributed by atoms with van der Waals surface area (Å²) in [5.41, 5.74) is 0.0127. The SMILES string of the molecule is CCNCCC1(Oc2ccc(Cl)c3ccccc23)CCC1. The molecule has 1 N–H and O–H groups in total. The largest absolute Gasteiger partial charge is 0.487 e. The fourth-order valence-electron chi connectivity index (χ4n) is 3.02. The standard InChI is InChI=1S/C18H22ClNO/c1-2-20-13-12-18(10-5-11-18)21-17-9-8-16(19)14-6-3-4-7-15(14)17/h3-4,6-9,20H,2,5,10-13H2,1H3. The van der Waals surface area contributed by atoms with Gasteiger partial charge >= 0.3 is 0 Å². The van der Waals surface area contributed by atoms with E-state index in [0.717, 1.165) is 53.9 Å². The molecule has 0 amide bonds. The second-order valence-corrected chi connectivity index (χ2v) is 6.24. The first-order chi connectivity index (χ1) is 10.2. The molecule has 1 aliphatic rings. The summed E-state index contributed by atoms with van der Waals surface area (Å²) in [6.45, 7) is 4.17. The van der Waals surface area contributed by atoms with E-state index in [1.807, 2.05) is 24.3 Å². The highest BCUT2D eigenvalue weighted by Crippen LogP contribution is 2.42.